The first kappa shape index (κ1) is 16.0. The maximum atomic E-state index is 12.1. The van der Waals surface area contributed by atoms with E-state index < -0.39 is 0 Å². The van der Waals surface area contributed by atoms with Crippen LogP contribution in [0, 0.1) is 0 Å². The standard InChI is InChI=1S/C15H19N3OS2/c1-10(2)13-15(18(3)12(19)6-8-20)21-14(17-13)11-5-4-7-16-9-11/h4-5,7,9-10,20H,6,8H2,1-3H3. The summed E-state index contributed by atoms with van der Waals surface area (Å²) >= 11 is 5.66. The number of aromatic nitrogens is 2. The van der Waals surface area contributed by atoms with E-state index in [9.17, 15) is 4.79 Å². The molecule has 6 heteroatoms. The van der Waals surface area contributed by atoms with E-state index in [1.54, 1.807) is 24.3 Å². The lowest BCUT2D eigenvalue weighted by Gasteiger charge is -2.17. The van der Waals surface area contributed by atoms with Crippen LogP contribution in [0.3, 0.4) is 0 Å². The van der Waals surface area contributed by atoms with Gasteiger partial charge in [0.1, 0.15) is 10.0 Å². The fourth-order valence-corrected chi connectivity index (χ4v) is 3.31. The van der Waals surface area contributed by atoms with Crippen LogP contribution < -0.4 is 4.90 Å². The Morgan fingerprint density at radius 1 is 1.48 bits per heavy atom. The molecule has 0 aliphatic carbocycles. The fourth-order valence-electron chi connectivity index (χ4n) is 1.93. The minimum absolute atomic E-state index is 0.0632. The number of carbonyl (C=O) groups is 1. The van der Waals surface area contributed by atoms with Gasteiger partial charge in [-0.3, -0.25) is 9.78 Å². The molecule has 0 aliphatic heterocycles. The zero-order valence-corrected chi connectivity index (χ0v) is 14.1. The first-order valence-corrected chi connectivity index (χ1v) is 8.28. The van der Waals surface area contributed by atoms with Gasteiger partial charge in [0.25, 0.3) is 0 Å². The lowest BCUT2D eigenvalue weighted by atomic mass is 10.1. The zero-order chi connectivity index (χ0) is 15.4. The third-order valence-electron chi connectivity index (χ3n) is 3.09. The Bertz CT molecular complexity index is 611. The summed E-state index contributed by atoms with van der Waals surface area (Å²) in [6.07, 6.45) is 3.96. The van der Waals surface area contributed by atoms with Crippen molar-refractivity contribution >= 4 is 34.9 Å². The molecule has 2 heterocycles. The second-order valence-corrected chi connectivity index (χ2v) is 6.46. The Morgan fingerprint density at radius 2 is 2.24 bits per heavy atom. The van der Waals surface area contributed by atoms with Crippen molar-refractivity contribution in [3.8, 4) is 10.6 Å². The molecule has 2 aromatic rings. The maximum Gasteiger partial charge on any atom is 0.228 e. The third-order valence-corrected chi connectivity index (χ3v) is 4.51. The lowest BCUT2D eigenvalue weighted by molar-refractivity contribution is -0.117. The summed E-state index contributed by atoms with van der Waals surface area (Å²) in [5.41, 5.74) is 1.93. The molecule has 21 heavy (non-hydrogen) atoms. The van der Waals surface area contributed by atoms with Crippen LogP contribution in [-0.2, 0) is 4.79 Å². The van der Waals surface area contributed by atoms with Crippen LogP contribution in [0.15, 0.2) is 24.5 Å². The molecule has 0 fully saturated rings. The second-order valence-electron chi connectivity index (χ2n) is 5.03. The second kappa shape index (κ2) is 7.04. The number of carbonyl (C=O) groups excluding carboxylic acids is 1. The number of thiazole rings is 1. The quantitative estimate of drug-likeness (QED) is 0.856. The van der Waals surface area contributed by atoms with Crippen molar-refractivity contribution < 1.29 is 4.79 Å². The highest BCUT2D eigenvalue weighted by Crippen LogP contribution is 2.37. The zero-order valence-electron chi connectivity index (χ0n) is 12.4. The molecule has 0 saturated carbocycles. The Balaban J connectivity index is 2.41. The summed E-state index contributed by atoms with van der Waals surface area (Å²) in [6.45, 7) is 4.17. The number of nitrogens with zero attached hydrogens (tertiary/aromatic N) is 3. The van der Waals surface area contributed by atoms with E-state index >= 15 is 0 Å². The van der Waals surface area contributed by atoms with Gasteiger partial charge in [-0.05, 0) is 23.8 Å². The molecule has 0 saturated heterocycles. The lowest BCUT2D eigenvalue weighted by Crippen LogP contribution is -2.26. The monoisotopic (exact) mass is 321 g/mol. The van der Waals surface area contributed by atoms with Crippen LogP contribution in [-0.4, -0.2) is 28.7 Å². The molecule has 0 spiro atoms. The largest absolute Gasteiger partial charge is 0.305 e. The van der Waals surface area contributed by atoms with Gasteiger partial charge in [-0.2, -0.15) is 12.6 Å². The number of amides is 1. The van der Waals surface area contributed by atoms with Crippen molar-refractivity contribution in [2.45, 2.75) is 26.2 Å². The molecule has 0 N–H and O–H groups in total. The van der Waals surface area contributed by atoms with Gasteiger partial charge in [0.2, 0.25) is 5.91 Å². The summed E-state index contributed by atoms with van der Waals surface area (Å²) in [5, 5.41) is 1.81. The molecular formula is C15H19N3OS2. The van der Waals surface area contributed by atoms with Crippen LogP contribution in [0.2, 0.25) is 0 Å². The van der Waals surface area contributed by atoms with E-state index in [1.807, 2.05) is 12.1 Å². The van der Waals surface area contributed by atoms with E-state index in [4.69, 9.17) is 4.98 Å². The van der Waals surface area contributed by atoms with E-state index in [-0.39, 0.29) is 11.8 Å². The number of hydrogen-bond acceptors (Lipinski definition) is 5. The molecule has 0 aromatic carbocycles. The molecule has 0 atom stereocenters. The molecule has 2 rings (SSSR count). The topological polar surface area (TPSA) is 46.1 Å². The normalized spacial score (nSPS) is 10.9. The molecular weight excluding hydrogens is 302 g/mol. The first-order chi connectivity index (χ1) is 10.0. The third kappa shape index (κ3) is 3.63. The van der Waals surface area contributed by atoms with Crippen LogP contribution in [0.25, 0.3) is 10.6 Å². The smallest absolute Gasteiger partial charge is 0.228 e. The number of hydrogen-bond donors (Lipinski definition) is 1. The predicted octanol–water partition coefficient (Wildman–Crippen LogP) is 3.61. The van der Waals surface area contributed by atoms with Gasteiger partial charge in [0.05, 0.1) is 5.69 Å². The Labute approximate surface area is 134 Å². The molecule has 2 aromatic heterocycles. The Kier molecular flexibility index (Phi) is 5.36. The van der Waals surface area contributed by atoms with Crippen LogP contribution in [0.5, 0.6) is 0 Å². The summed E-state index contributed by atoms with van der Waals surface area (Å²) in [6, 6.07) is 3.87. The average Bonchev–Trinajstić information content (AvgIpc) is 2.93. The van der Waals surface area contributed by atoms with Crippen molar-refractivity contribution in [1.29, 1.82) is 0 Å². The van der Waals surface area contributed by atoms with E-state index in [1.165, 1.54) is 11.3 Å². The molecule has 112 valence electrons. The highest BCUT2D eigenvalue weighted by molar-refractivity contribution is 7.80. The van der Waals surface area contributed by atoms with Crippen LogP contribution >= 0.6 is 24.0 Å². The average molecular weight is 321 g/mol. The van der Waals surface area contributed by atoms with Crippen molar-refractivity contribution in [3.05, 3.63) is 30.2 Å². The molecule has 0 unspecified atom stereocenters. The molecule has 0 aliphatic rings. The number of thiol groups is 1. The van der Waals surface area contributed by atoms with E-state index in [0.717, 1.165) is 21.3 Å². The van der Waals surface area contributed by atoms with Crippen molar-refractivity contribution in [1.82, 2.24) is 9.97 Å². The van der Waals surface area contributed by atoms with Gasteiger partial charge < -0.3 is 4.90 Å². The maximum absolute atomic E-state index is 12.1. The van der Waals surface area contributed by atoms with Gasteiger partial charge in [-0.15, -0.1) is 0 Å². The molecule has 0 radical (unpaired) electrons. The first-order valence-electron chi connectivity index (χ1n) is 6.83. The highest BCUT2D eigenvalue weighted by Gasteiger charge is 2.21. The van der Waals surface area contributed by atoms with Gasteiger partial charge in [-0.1, -0.05) is 25.2 Å². The molecule has 4 nitrogen and oxygen atoms in total. The summed E-state index contributed by atoms with van der Waals surface area (Å²) < 4.78 is 0. The van der Waals surface area contributed by atoms with Crippen LogP contribution in [0.4, 0.5) is 5.00 Å². The number of pyridine rings is 1. The van der Waals surface area contributed by atoms with Gasteiger partial charge in [-0.25, -0.2) is 4.98 Å². The van der Waals surface area contributed by atoms with E-state index in [0.29, 0.717) is 12.2 Å². The molecule has 1 amide bonds. The summed E-state index contributed by atoms with van der Waals surface area (Å²) in [5.74, 6) is 0.871. The summed E-state index contributed by atoms with van der Waals surface area (Å²) in [4.78, 5) is 22.6. The number of rotatable bonds is 5. The van der Waals surface area contributed by atoms with E-state index in [2.05, 4.69) is 31.5 Å². The Morgan fingerprint density at radius 3 is 2.81 bits per heavy atom. The SMILES string of the molecule is CC(C)c1nc(-c2cccnc2)sc1N(C)C(=O)CCS. The minimum atomic E-state index is 0.0632. The van der Waals surface area contributed by atoms with Crippen LogP contribution in [0.1, 0.15) is 31.9 Å². The van der Waals surface area contributed by atoms with Crippen molar-refractivity contribution in [2.24, 2.45) is 0 Å². The van der Waals surface area contributed by atoms with Crippen molar-refractivity contribution in [3.63, 3.8) is 0 Å². The van der Waals surface area contributed by atoms with Gasteiger partial charge >= 0.3 is 0 Å². The van der Waals surface area contributed by atoms with Gasteiger partial charge in [0, 0.05) is 31.4 Å². The van der Waals surface area contributed by atoms with Crippen molar-refractivity contribution in [2.75, 3.05) is 17.7 Å². The number of anilines is 1. The predicted molar refractivity (Wildman–Crippen MR) is 91.3 cm³/mol. The minimum Gasteiger partial charge on any atom is -0.305 e. The fraction of sp³-hybridized carbons (Fsp3) is 0.400. The highest BCUT2D eigenvalue weighted by atomic mass is 32.1. The van der Waals surface area contributed by atoms with Gasteiger partial charge in [0.15, 0.2) is 0 Å². The molecule has 0 bridgehead atoms. The Hall–Kier alpha value is -1.40. The summed E-state index contributed by atoms with van der Waals surface area (Å²) in [7, 11) is 1.80.